The van der Waals surface area contributed by atoms with Crippen molar-refractivity contribution in [2.45, 2.75) is 6.42 Å². The summed E-state index contributed by atoms with van der Waals surface area (Å²) in [6.45, 7) is 0.584. The van der Waals surface area contributed by atoms with Crippen LogP contribution in [0.15, 0.2) is 18.2 Å². The third kappa shape index (κ3) is 2.95. The summed E-state index contributed by atoms with van der Waals surface area (Å²) in [7, 11) is 1.73. The van der Waals surface area contributed by atoms with Gasteiger partial charge in [0.2, 0.25) is 0 Å². The minimum absolute atomic E-state index is 0.269. The molecule has 0 saturated carbocycles. The Bertz CT molecular complexity index is 269. The van der Waals surface area contributed by atoms with E-state index in [1.807, 2.05) is 0 Å². The van der Waals surface area contributed by atoms with E-state index in [0.717, 1.165) is 0 Å². The Balaban J connectivity index is 2.75. The molecule has 0 radical (unpaired) electrons. The molecule has 0 amide bonds. The molecule has 0 bridgehead atoms. The van der Waals surface area contributed by atoms with Gasteiger partial charge in [0.1, 0.15) is 5.82 Å². The SMILES string of the molecule is CN(N)CCc1c(F)cccc1Cl. The second-order valence-electron chi connectivity index (χ2n) is 2.93. The first-order valence-corrected chi connectivity index (χ1v) is 4.38. The molecule has 4 heteroatoms. The van der Waals surface area contributed by atoms with E-state index in [-0.39, 0.29) is 5.82 Å². The fourth-order valence-corrected chi connectivity index (χ4v) is 1.32. The third-order valence-electron chi connectivity index (χ3n) is 1.78. The Kier molecular flexibility index (Phi) is 3.66. The normalized spacial score (nSPS) is 10.8. The Morgan fingerprint density at radius 3 is 2.77 bits per heavy atom. The predicted octanol–water partition coefficient (Wildman–Crippen LogP) is 1.83. The lowest BCUT2D eigenvalue weighted by atomic mass is 10.1. The van der Waals surface area contributed by atoms with Crippen LogP contribution in [0.4, 0.5) is 4.39 Å². The fraction of sp³-hybridized carbons (Fsp3) is 0.333. The van der Waals surface area contributed by atoms with Crippen LogP contribution in [0.3, 0.4) is 0 Å². The van der Waals surface area contributed by atoms with Crippen molar-refractivity contribution in [1.82, 2.24) is 5.01 Å². The van der Waals surface area contributed by atoms with Crippen molar-refractivity contribution in [1.29, 1.82) is 0 Å². The number of hydrazine groups is 1. The lowest BCUT2D eigenvalue weighted by Crippen LogP contribution is -2.28. The van der Waals surface area contributed by atoms with Crippen molar-refractivity contribution in [3.05, 3.63) is 34.6 Å². The summed E-state index contributed by atoms with van der Waals surface area (Å²) in [5, 5.41) is 1.96. The Hall–Kier alpha value is -0.640. The highest BCUT2D eigenvalue weighted by molar-refractivity contribution is 6.31. The number of benzene rings is 1. The summed E-state index contributed by atoms with van der Waals surface area (Å²) in [6.07, 6.45) is 0.526. The van der Waals surface area contributed by atoms with Crippen LogP contribution in [-0.2, 0) is 6.42 Å². The quantitative estimate of drug-likeness (QED) is 0.599. The molecule has 1 rings (SSSR count). The van der Waals surface area contributed by atoms with E-state index in [1.165, 1.54) is 11.1 Å². The van der Waals surface area contributed by atoms with E-state index >= 15 is 0 Å². The maximum Gasteiger partial charge on any atom is 0.127 e. The van der Waals surface area contributed by atoms with Gasteiger partial charge in [-0.05, 0) is 18.6 Å². The Morgan fingerprint density at radius 1 is 1.54 bits per heavy atom. The maximum atomic E-state index is 13.2. The molecule has 0 fully saturated rings. The van der Waals surface area contributed by atoms with Gasteiger partial charge < -0.3 is 0 Å². The van der Waals surface area contributed by atoms with Crippen LogP contribution in [-0.4, -0.2) is 18.6 Å². The van der Waals surface area contributed by atoms with E-state index in [0.29, 0.717) is 23.6 Å². The summed E-state index contributed by atoms with van der Waals surface area (Å²) >= 11 is 5.81. The second kappa shape index (κ2) is 4.56. The van der Waals surface area contributed by atoms with E-state index in [2.05, 4.69) is 0 Å². The molecule has 2 nitrogen and oxygen atoms in total. The van der Waals surface area contributed by atoms with Crippen LogP contribution in [0.2, 0.25) is 5.02 Å². The van der Waals surface area contributed by atoms with E-state index < -0.39 is 0 Å². The number of nitrogens with two attached hydrogens (primary N) is 1. The summed E-state index contributed by atoms with van der Waals surface area (Å²) in [5.41, 5.74) is 0.529. The fourth-order valence-electron chi connectivity index (χ4n) is 1.06. The number of hydrogen-bond acceptors (Lipinski definition) is 2. The van der Waals surface area contributed by atoms with Crippen LogP contribution in [0, 0.1) is 5.82 Å². The average Bonchev–Trinajstić information content (AvgIpc) is 2.03. The van der Waals surface area contributed by atoms with Gasteiger partial charge in [0, 0.05) is 24.2 Å². The Labute approximate surface area is 82.1 Å². The molecular weight excluding hydrogens is 191 g/mol. The molecule has 0 aliphatic rings. The van der Waals surface area contributed by atoms with Gasteiger partial charge in [-0.25, -0.2) is 9.40 Å². The minimum atomic E-state index is -0.269. The molecule has 0 unspecified atom stereocenters. The molecule has 0 aliphatic carbocycles. The number of rotatable bonds is 3. The molecule has 0 aliphatic heterocycles. The van der Waals surface area contributed by atoms with Crippen molar-refractivity contribution in [2.24, 2.45) is 5.84 Å². The van der Waals surface area contributed by atoms with Crippen LogP contribution in [0.5, 0.6) is 0 Å². The van der Waals surface area contributed by atoms with Crippen molar-refractivity contribution < 1.29 is 4.39 Å². The average molecular weight is 203 g/mol. The summed E-state index contributed by atoms with van der Waals surface area (Å²) in [6, 6.07) is 4.67. The number of likely N-dealkylation sites (N-methyl/N-ethyl adjacent to an activating group) is 1. The maximum absolute atomic E-state index is 13.2. The van der Waals surface area contributed by atoms with Crippen LogP contribution < -0.4 is 5.84 Å². The molecule has 0 atom stereocenters. The predicted molar refractivity (Wildman–Crippen MR) is 51.9 cm³/mol. The second-order valence-corrected chi connectivity index (χ2v) is 3.34. The minimum Gasteiger partial charge on any atom is -0.269 e. The zero-order chi connectivity index (χ0) is 9.84. The number of hydrogen-bond donors (Lipinski definition) is 1. The lowest BCUT2D eigenvalue weighted by Gasteiger charge is -2.10. The lowest BCUT2D eigenvalue weighted by molar-refractivity contribution is 0.352. The zero-order valence-electron chi connectivity index (χ0n) is 7.43. The third-order valence-corrected chi connectivity index (χ3v) is 2.13. The van der Waals surface area contributed by atoms with Gasteiger partial charge in [0.05, 0.1) is 0 Å². The van der Waals surface area contributed by atoms with Crippen LogP contribution in [0.25, 0.3) is 0 Å². The van der Waals surface area contributed by atoms with Gasteiger partial charge in [0.25, 0.3) is 0 Å². The molecule has 0 saturated heterocycles. The molecule has 0 spiro atoms. The summed E-state index contributed by atoms with van der Waals surface area (Å²) in [4.78, 5) is 0. The van der Waals surface area contributed by atoms with E-state index in [9.17, 15) is 4.39 Å². The first-order valence-electron chi connectivity index (χ1n) is 4.00. The summed E-state index contributed by atoms with van der Waals surface area (Å²) < 4.78 is 13.2. The standard InChI is InChI=1S/C9H12ClFN2/c1-13(12)6-5-7-8(10)3-2-4-9(7)11/h2-4H,5-6,12H2,1H3. The monoisotopic (exact) mass is 202 g/mol. The van der Waals surface area contributed by atoms with Crippen molar-refractivity contribution in [2.75, 3.05) is 13.6 Å². The molecule has 72 valence electrons. The molecule has 1 aromatic rings. The number of halogens is 2. The van der Waals surface area contributed by atoms with Gasteiger partial charge in [-0.15, -0.1) is 0 Å². The van der Waals surface area contributed by atoms with Crippen LogP contribution in [0.1, 0.15) is 5.56 Å². The van der Waals surface area contributed by atoms with Gasteiger partial charge in [-0.3, -0.25) is 5.84 Å². The van der Waals surface area contributed by atoms with Crippen LogP contribution >= 0.6 is 11.6 Å². The molecule has 1 aromatic carbocycles. The Morgan fingerprint density at radius 2 is 2.23 bits per heavy atom. The first-order chi connectivity index (χ1) is 6.11. The smallest absolute Gasteiger partial charge is 0.127 e. The molecular formula is C9H12ClFN2. The van der Waals surface area contributed by atoms with Crippen molar-refractivity contribution in [3.8, 4) is 0 Å². The highest BCUT2D eigenvalue weighted by Crippen LogP contribution is 2.19. The highest BCUT2D eigenvalue weighted by atomic mass is 35.5. The van der Waals surface area contributed by atoms with Crippen molar-refractivity contribution >= 4 is 11.6 Å². The van der Waals surface area contributed by atoms with E-state index in [4.69, 9.17) is 17.4 Å². The highest BCUT2D eigenvalue weighted by Gasteiger charge is 2.06. The molecule has 2 N–H and O–H groups in total. The van der Waals surface area contributed by atoms with Gasteiger partial charge in [-0.2, -0.15) is 0 Å². The number of nitrogens with zero attached hydrogens (tertiary/aromatic N) is 1. The van der Waals surface area contributed by atoms with Crippen molar-refractivity contribution in [3.63, 3.8) is 0 Å². The first kappa shape index (κ1) is 10.4. The van der Waals surface area contributed by atoms with Gasteiger partial charge >= 0.3 is 0 Å². The van der Waals surface area contributed by atoms with Gasteiger partial charge in [-0.1, -0.05) is 17.7 Å². The molecule has 13 heavy (non-hydrogen) atoms. The topological polar surface area (TPSA) is 29.3 Å². The largest absolute Gasteiger partial charge is 0.269 e. The molecule has 0 aromatic heterocycles. The van der Waals surface area contributed by atoms with E-state index in [1.54, 1.807) is 19.2 Å². The van der Waals surface area contributed by atoms with Gasteiger partial charge in [0.15, 0.2) is 0 Å². The zero-order valence-corrected chi connectivity index (χ0v) is 8.18. The summed E-state index contributed by atoms with van der Waals surface area (Å²) in [5.74, 6) is 5.14. The molecule has 0 heterocycles.